The van der Waals surface area contributed by atoms with Crippen LogP contribution in [-0.4, -0.2) is 52.2 Å². The highest BCUT2D eigenvalue weighted by Gasteiger charge is 2.39. The van der Waals surface area contributed by atoms with Crippen LogP contribution in [0.3, 0.4) is 0 Å². The molecule has 2 amide bonds. The second-order valence-corrected chi connectivity index (χ2v) is 15.3. The van der Waals surface area contributed by atoms with Crippen LogP contribution in [0.25, 0.3) is 11.0 Å². The molecule has 0 radical (unpaired) electrons. The summed E-state index contributed by atoms with van der Waals surface area (Å²) >= 11 is 0. The zero-order chi connectivity index (χ0) is 23.2. The van der Waals surface area contributed by atoms with E-state index >= 15 is 0 Å². The Bertz CT molecular complexity index is 1160. The standard InChI is InChI=1S/C21H28N4O6Si/c1-32(2,3)12-11-31-13-23-18(26)9-8-17(20(23)27)24-16-7-6-15(25(29)30)14-5-4-10-22(19(14)16)21(24)28/h6-7,17H,4-5,8-13H2,1-3H3. The van der Waals surface area contributed by atoms with Gasteiger partial charge in [-0.25, -0.2) is 4.79 Å². The highest BCUT2D eigenvalue weighted by Crippen LogP contribution is 2.34. The van der Waals surface area contributed by atoms with E-state index in [2.05, 4.69) is 19.6 Å². The largest absolute Gasteiger partial charge is 0.361 e. The minimum atomic E-state index is -1.31. The normalized spacial score (nSPS) is 19.1. The number of imide groups is 1. The van der Waals surface area contributed by atoms with Crippen molar-refractivity contribution < 1.29 is 19.2 Å². The molecule has 1 saturated heterocycles. The van der Waals surface area contributed by atoms with Crippen LogP contribution in [0.15, 0.2) is 16.9 Å². The molecule has 2 aliphatic heterocycles. The third kappa shape index (κ3) is 3.90. The zero-order valence-corrected chi connectivity index (χ0v) is 19.6. The van der Waals surface area contributed by atoms with Gasteiger partial charge in [-0.3, -0.25) is 33.7 Å². The quantitative estimate of drug-likeness (QED) is 0.206. The molecule has 1 aromatic carbocycles. The van der Waals surface area contributed by atoms with Crippen molar-refractivity contribution in [2.45, 2.75) is 64.0 Å². The van der Waals surface area contributed by atoms with Gasteiger partial charge in [0.2, 0.25) is 5.91 Å². The molecule has 3 heterocycles. The number of amides is 2. The van der Waals surface area contributed by atoms with E-state index < -0.39 is 24.9 Å². The number of carbonyl (C=O) groups is 2. The second kappa shape index (κ2) is 8.28. The first kappa shape index (κ1) is 22.4. The summed E-state index contributed by atoms with van der Waals surface area (Å²) in [5.41, 5.74) is 1.18. The maximum Gasteiger partial charge on any atom is 0.329 e. The number of aryl methyl sites for hydroxylation is 2. The SMILES string of the molecule is C[Si](C)(C)CCOCN1C(=O)CCC(n2c(=O)n3c4c(c([N+](=O)[O-])ccc42)CCC3)C1=O. The Labute approximate surface area is 185 Å². The molecule has 0 saturated carbocycles. The van der Waals surface area contributed by atoms with E-state index in [1.165, 1.54) is 15.2 Å². The van der Waals surface area contributed by atoms with Crippen LogP contribution in [0, 0.1) is 10.1 Å². The first-order chi connectivity index (χ1) is 15.1. The van der Waals surface area contributed by atoms with Crippen LogP contribution in [-0.2, 0) is 27.3 Å². The molecule has 2 aromatic rings. The summed E-state index contributed by atoms with van der Waals surface area (Å²) in [7, 11) is -1.31. The number of carbonyl (C=O) groups excluding carboxylic acids is 2. The molecular formula is C21H28N4O6Si. The summed E-state index contributed by atoms with van der Waals surface area (Å²) in [5.74, 6) is -0.772. The van der Waals surface area contributed by atoms with E-state index in [1.54, 1.807) is 6.07 Å². The van der Waals surface area contributed by atoms with Crippen LogP contribution in [0.4, 0.5) is 5.69 Å². The predicted molar refractivity (Wildman–Crippen MR) is 120 cm³/mol. The summed E-state index contributed by atoms with van der Waals surface area (Å²) in [5, 5.41) is 11.5. The molecule has 0 aliphatic carbocycles. The van der Waals surface area contributed by atoms with Crippen molar-refractivity contribution in [3.63, 3.8) is 0 Å². The lowest BCUT2D eigenvalue weighted by molar-refractivity contribution is -0.385. The summed E-state index contributed by atoms with van der Waals surface area (Å²) in [6, 6.07) is 3.02. The molecule has 32 heavy (non-hydrogen) atoms. The Balaban J connectivity index is 1.67. The fourth-order valence-electron chi connectivity index (χ4n) is 4.51. The van der Waals surface area contributed by atoms with E-state index in [4.69, 9.17) is 4.74 Å². The number of nitrogens with zero attached hydrogens (tertiary/aromatic N) is 4. The molecule has 0 N–H and O–H groups in total. The number of benzene rings is 1. The Morgan fingerprint density at radius 1 is 1.19 bits per heavy atom. The number of nitro benzene ring substituents is 1. The van der Waals surface area contributed by atoms with Gasteiger partial charge in [0.1, 0.15) is 12.8 Å². The minimum Gasteiger partial charge on any atom is -0.361 e. The first-order valence-corrected chi connectivity index (χ1v) is 14.6. The van der Waals surface area contributed by atoms with Gasteiger partial charge in [0.25, 0.3) is 11.6 Å². The number of nitro groups is 1. The van der Waals surface area contributed by atoms with E-state index in [1.807, 2.05) is 0 Å². The van der Waals surface area contributed by atoms with Crippen LogP contribution < -0.4 is 5.69 Å². The first-order valence-electron chi connectivity index (χ1n) is 10.9. The average molecular weight is 461 g/mol. The van der Waals surface area contributed by atoms with E-state index in [-0.39, 0.29) is 36.9 Å². The maximum absolute atomic E-state index is 13.3. The highest BCUT2D eigenvalue weighted by molar-refractivity contribution is 6.76. The van der Waals surface area contributed by atoms with E-state index in [0.29, 0.717) is 42.6 Å². The van der Waals surface area contributed by atoms with Gasteiger partial charge in [-0.2, -0.15) is 0 Å². The Hall–Kier alpha value is -2.79. The number of hydrogen-bond acceptors (Lipinski definition) is 6. The number of likely N-dealkylation sites (tertiary alicyclic amines) is 1. The summed E-state index contributed by atoms with van der Waals surface area (Å²) < 4.78 is 8.58. The fourth-order valence-corrected chi connectivity index (χ4v) is 5.27. The minimum absolute atomic E-state index is 0.00864. The molecule has 4 rings (SSSR count). The lowest BCUT2D eigenvalue weighted by atomic mass is 10.0. The number of hydrogen-bond donors (Lipinski definition) is 0. The zero-order valence-electron chi connectivity index (χ0n) is 18.6. The van der Waals surface area contributed by atoms with Crippen LogP contribution in [0.2, 0.25) is 25.7 Å². The van der Waals surface area contributed by atoms with Crippen LogP contribution >= 0.6 is 0 Å². The predicted octanol–water partition coefficient (Wildman–Crippen LogP) is 2.66. The number of piperidine rings is 1. The van der Waals surface area contributed by atoms with E-state index in [0.717, 1.165) is 10.9 Å². The molecule has 1 aromatic heterocycles. The number of rotatable bonds is 7. The van der Waals surface area contributed by atoms with Gasteiger partial charge < -0.3 is 4.74 Å². The summed E-state index contributed by atoms with van der Waals surface area (Å²) in [6.07, 6.45) is 1.47. The lowest BCUT2D eigenvalue weighted by Gasteiger charge is -2.31. The van der Waals surface area contributed by atoms with Gasteiger partial charge in [-0.15, -0.1) is 0 Å². The van der Waals surface area contributed by atoms with Gasteiger partial charge in [0.05, 0.1) is 21.5 Å². The molecule has 172 valence electrons. The van der Waals surface area contributed by atoms with Crippen molar-refractivity contribution in [1.82, 2.24) is 14.0 Å². The topological polar surface area (TPSA) is 117 Å². The Morgan fingerprint density at radius 3 is 2.62 bits per heavy atom. The van der Waals surface area contributed by atoms with Crippen molar-refractivity contribution in [1.29, 1.82) is 0 Å². The van der Waals surface area contributed by atoms with Crippen molar-refractivity contribution >= 4 is 36.6 Å². The molecule has 2 aliphatic rings. The van der Waals surface area contributed by atoms with Gasteiger partial charge in [-0.1, -0.05) is 19.6 Å². The highest BCUT2D eigenvalue weighted by atomic mass is 28.3. The molecular weight excluding hydrogens is 432 g/mol. The molecule has 11 heteroatoms. The molecule has 0 spiro atoms. The molecule has 1 atom stereocenters. The molecule has 1 fully saturated rings. The van der Waals surface area contributed by atoms with Crippen molar-refractivity contribution in [3.05, 3.63) is 38.3 Å². The van der Waals surface area contributed by atoms with Crippen LogP contribution in [0.5, 0.6) is 0 Å². The maximum atomic E-state index is 13.3. The average Bonchev–Trinajstić information content (AvgIpc) is 3.00. The second-order valence-electron chi connectivity index (χ2n) is 9.66. The smallest absolute Gasteiger partial charge is 0.329 e. The summed E-state index contributed by atoms with van der Waals surface area (Å²) in [4.78, 5) is 51.1. The number of ether oxygens (including phenoxy) is 1. The van der Waals surface area contributed by atoms with Gasteiger partial charge >= 0.3 is 5.69 Å². The monoisotopic (exact) mass is 460 g/mol. The molecule has 10 nitrogen and oxygen atoms in total. The third-order valence-electron chi connectivity index (χ3n) is 6.22. The van der Waals surface area contributed by atoms with Gasteiger partial charge in [0.15, 0.2) is 0 Å². The Morgan fingerprint density at radius 2 is 1.94 bits per heavy atom. The molecule has 0 bridgehead atoms. The van der Waals surface area contributed by atoms with Crippen molar-refractivity contribution in [3.8, 4) is 0 Å². The number of imidazole rings is 1. The van der Waals surface area contributed by atoms with Gasteiger partial charge in [-0.05, 0) is 31.4 Å². The van der Waals surface area contributed by atoms with Gasteiger partial charge in [0, 0.05) is 33.7 Å². The Kier molecular flexibility index (Phi) is 5.80. The fraction of sp³-hybridized carbons (Fsp3) is 0.571. The molecule has 1 unspecified atom stereocenters. The summed E-state index contributed by atoms with van der Waals surface area (Å²) in [6.45, 7) is 7.46. The lowest BCUT2D eigenvalue weighted by Crippen LogP contribution is -2.48. The van der Waals surface area contributed by atoms with E-state index in [9.17, 15) is 24.5 Å². The number of aromatic nitrogens is 2. The van der Waals surface area contributed by atoms with Crippen molar-refractivity contribution in [2.75, 3.05) is 13.3 Å². The van der Waals surface area contributed by atoms with Crippen molar-refractivity contribution in [2.24, 2.45) is 0 Å². The van der Waals surface area contributed by atoms with Crippen LogP contribution in [0.1, 0.15) is 30.9 Å². The third-order valence-corrected chi connectivity index (χ3v) is 7.92.